The normalized spacial score (nSPS) is 11.9. The van der Waals surface area contributed by atoms with Gasteiger partial charge in [0, 0.05) is 9.81 Å². The molecule has 0 amide bonds. The van der Waals surface area contributed by atoms with Crippen molar-refractivity contribution in [3.8, 4) is 22.6 Å². The fraction of sp³-hybridized carbons (Fsp3) is 0.533. The first-order valence-corrected chi connectivity index (χ1v) is 14.2. The molecule has 0 heterocycles. The molecule has 2 nitrogen and oxygen atoms in total. The lowest BCUT2D eigenvalue weighted by Crippen LogP contribution is -1.98. The summed E-state index contributed by atoms with van der Waals surface area (Å²) in [5.74, 6) is 1.83. The third kappa shape index (κ3) is 7.75. The lowest BCUT2D eigenvalue weighted by Gasteiger charge is -2.10. The van der Waals surface area contributed by atoms with Gasteiger partial charge in [-0.1, -0.05) is 90.2 Å². The van der Waals surface area contributed by atoms with Gasteiger partial charge in [-0.25, -0.2) is 0 Å². The van der Waals surface area contributed by atoms with Gasteiger partial charge < -0.3 is 9.47 Å². The molecule has 2 aromatic rings. The molecule has 0 aliphatic heterocycles. The molecule has 0 saturated heterocycles. The molecule has 186 valence electrons. The minimum Gasteiger partial charge on any atom is -0.494 e. The van der Waals surface area contributed by atoms with Gasteiger partial charge in [-0.15, -0.1) is 25.3 Å². The molecule has 0 bridgehead atoms. The summed E-state index contributed by atoms with van der Waals surface area (Å²) in [6.07, 6.45) is 15.2. The molecule has 0 N–H and O–H groups in total. The van der Waals surface area contributed by atoms with Gasteiger partial charge in [0.1, 0.15) is 11.5 Å². The minimum atomic E-state index is 0.723. The molecule has 2 aromatic carbocycles. The quantitative estimate of drug-likeness (QED) is 0.151. The van der Waals surface area contributed by atoms with Crippen LogP contribution in [0.2, 0.25) is 0 Å². The molecule has 3 rings (SSSR count). The van der Waals surface area contributed by atoms with Crippen LogP contribution in [-0.4, -0.2) is 13.2 Å². The van der Waals surface area contributed by atoms with Crippen molar-refractivity contribution in [2.75, 3.05) is 13.2 Å². The predicted molar refractivity (Wildman–Crippen MR) is 154 cm³/mol. The highest BCUT2D eigenvalue weighted by Gasteiger charge is 2.26. The number of unbranched alkanes of at least 4 members (excludes halogenated alkanes) is 10. The maximum atomic E-state index is 6.09. The summed E-state index contributed by atoms with van der Waals surface area (Å²) in [5, 5.41) is 0. The van der Waals surface area contributed by atoms with E-state index in [-0.39, 0.29) is 0 Å². The third-order valence-electron chi connectivity index (χ3n) is 6.57. The van der Waals surface area contributed by atoms with E-state index in [0.29, 0.717) is 0 Å². The summed E-state index contributed by atoms with van der Waals surface area (Å²) in [6.45, 7) is 6.04. The summed E-state index contributed by atoms with van der Waals surface area (Å²) in [7, 11) is 0. The van der Waals surface area contributed by atoms with Crippen molar-refractivity contribution in [2.45, 2.75) is 90.9 Å². The van der Waals surface area contributed by atoms with Gasteiger partial charge in [0.05, 0.1) is 13.2 Å². The van der Waals surface area contributed by atoms with E-state index >= 15 is 0 Å². The zero-order valence-corrected chi connectivity index (χ0v) is 22.9. The Labute approximate surface area is 218 Å². The molecule has 0 aromatic heterocycles. The molecule has 1 aliphatic carbocycles. The first kappa shape index (κ1) is 27.1. The average Bonchev–Trinajstić information content (AvgIpc) is 3.16. The minimum absolute atomic E-state index is 0.723. The van der Waals surface area contributed by atoms with Crippen LogP contribution in [0.3, 0.4) is 0 Å². The Balaban J connectivity index is 1.60. The zero-order chi connectivity index (χ0) is 24.2. The van der Waals surface area contributed by atoms with Crippen LogP contribution < -0.4 is 9.47 Å². The first-order valence-electron chi connectivity index (χ1n) is 13.3. The Morgan fingerprint density at radius 3 is 1.38 bits per heavy atom. The Morgan fingerprint density at radius 2 is 0.971 bits per heavy atom. The molecule has 4 heteroatoms. The van der Waals surface area contributed by atoms with Crippen LogP contribution >= 0.6 is 25.3 Å². The van der Waals surface area contributed by atoms with Gasteiger partial charge in [-0.3, -0.25) is 0 Å². The second kappa shape index (κ2) is 14.8. The highest BCUT2D eigenvalue weighted by Crippen LogP contribution is 2.49. The summed E-state index contributed by atoms with van der Waals surface area (Å²) in [6, 6.07) is 12.8. The van der Waals surface area contributed by atoms with Crippen LogP contribution in [0.15, 0.2) is 40.6 Å². The standard InChI is InChI=1S/C30H42O2S2/c1-3-5-7-9-11-13-19-31-23-15-17-25-26-18-16-24(32-20-14-12-10-8-6-4-2)22-28(26)29(30(33)34)27(25)21-23/h15-18,21-22,33-34H,3-14,19-20H2,1-2H3. The summed E-state index contributed by atoms with van der Waals surface area (Å²) in [4.78, 5) is 0. The van der Waals surface area contributed by atoms with Crippen LogP contribution in [0.25, 0.3) is 16.7 Å². The number of hydrogen-bond acceptors (Lipinski definition) is 4. The van der Waals surface area contributed by atoms with Crippen molar-refractivity contribution >= 4 is 30.8 Å². The van der Waals surface area contributed by atoms with E-state index in [9.17, 15) is 0 Å². The fourth-order valence-corrected chi connectivity index (χ4v) is 5.12. The Kier molecular flexibility index (Phi) is 11.8. The average molecular weight is 499 g/mol. The number of rotatable bonds is 16. The summed E-state index contributed by atoms with van der Waals surface area (Å²) < 4.78 is 12.9. The highest BCUT2D eigenvalue weighted by atomic mass is 32.2. The molecular weight excluding hydrogens is 456 g/mol. The van der Waals surface area contributed by atoms with Crippen LogP contribution in [0.5, 0.6) is 11.5 Å². The first-order chi connectivity index (χ1) is 16.7. The number of thiol groups is 2. The summed E-state index contributed by atoms with van der Waals surface area (Å²) in [5.41, 5.74) is 5.76. The number of hydrogen-bond donors (Lipinski definition) is 2. The SMILES string of the molecule is CCCCCCCCOc1ccc2c(c1)C(=C(S)S)c1cc(OCCCCCCCC)ccc1-2. The van der Waals surface area contributed by atoms with Crippen LogP contribution in [0, 0.1) is 0 Å². The monoisotopic (exact) mass is 498 g/mol. The van der Waals surface area contributed by atoms with Crippen LogP contribution in [-0.2, 0) is 0 Å². The van der Waals surface area contributed by atoms with Gasteiger partial charge in [0.25, 0.3) is 0 Å². The second-order valence-corrected chi connectivity index (χ2v) is 10.6. The topological polar surface area (TPSA) is 18.5 Å². The molecule has 0 spiro atoms. The zero-order valence-electron chi connectivity index (χ0n) is 21.1. The number of fused-ring (bicyclic) bond motifs is 3. The van der Waals surface area contributed by atoms with E-state index in [0.717, 1.165) is 58.5 Å². The Morgan fingerprint density at radius 1 is 0.559 bits per heavy atom. The van der Waals surface area contributed by atoms with E-state index in [1.165, 1.54) is 75.3 Å². The number of ether oxygens (including phenoxy) is 2. The number of benzene rings is 2. The smallest absolute Gasteiger partial charge is 0.119 e. The van der Waals surface area contributed by atoms with Crippen LogP contribution in [0.4, 0.5) is 0 Å². The fourth-order valence-electron chi connectivity index (χ4n) is 4.64. The molecule has 0 atom stereocenters. The lowest BCUT2D eigenvalue weighted by molar-refractivity contribution is 0.304. The second-order valence-electron chi connectivity index (χ2n) is 9.35. The van der Waals surface area contributed by atoms with Crippen molar-refractivity contribution in [2.24, 2.45) is 0 Å². The van der Waals surface area contributed by atoms with Gasteiger partial charge >= 0.3 is 0 Å². The third-order valence-corrected chi connectivity index (χ3v) is 7.01. The molecule has 34 heavy (non-hydrogen) atoms. The van der Waals surface area contributed by atoms with Crippen molar-refractivity contribution in [1.29, 1.82) is 0 Å². The highest BCUT2D eigenvalue weighted by molar-refractivity contribution is 8.05. The summed E-state index contributed by atoms with van der Waals surface area (Å²) >= 11 is 9.25. The van der Waals surface area contributed by atoms with Crippen LogP contribution in [0.1, 0.15) is 102 Å². The molecule has 0 fully saturated rings. The largest absolute Gasteiger partial charge is 0.494 e. The Hall–Kier alpha value is -1.52. The maximum absolute atomic E-state index is 6.09. The Bertz CT molecular complexity index is 862. The van der Waals surface area contributed by atoms with Crippen molar-refractivity contribution in [3.05, 3.63) is 51.8 Å². The predicted octanol–water partition coefficient (Wildman–Crippen LogP) is 9.72. The van der Waals surface area contributed by atoms with Crippen molar-refractivity contribution in [3.63, 3.8) is 0 Å². The van der Waals surface area contributed by atoms with E-state index in [1.54, 1.807) is 0 Å². The van der Waals surface area contributed by atoms with Crippen molar-refractivity contribution in [1.82, 2.24) is 0 Å². The van der Waals surface area contributed by atoms with Gasteiger partial charge in [-0.2, -0.15) is 0 Å². The molecule has 0 unspecified atom stereocenters. The van der Waals surface area contributed by atoms with E-state index in [4.69, 9.17) is 9.47 Å². The van der Waals surface area contributed by atoms with Gasteiger partial charge in [0.15, 0.2) is 0 Å². The lowest BCUT2D eigenvalue weighted by atomic mass is 10.1. The van der Waals surface area contributed by atoms with Gasteiger partial charge in [0.2, 0.25) is 0 Å². The van der Waals surface area contributed by atoms with Crippen molar-refractivity contribution < 1.29 is 9.47 Å². The van der Waals surface area contributed by atoms with E-state index < -0.39 is 0 Å². The molecule has 0 radical (unpaired) electrons. The molecule has 1 aliphatic rings. The van der Waals surface area contributed by atoms with E-state index in [1.807, 2.05) is 0 Å². The molecule has 0 saturated carbocycles. The maximum Gasteiger partial charge on any atom is 0.119 e. The van der Waals surface area contributed by atoms with E-state index in [2.05, 4.69) is 75.5 Å². The molecular formula is C30H42O2S2. The van der Waals surface area contributed by atoms with Gasteiger partial charge in [-0.05, 0) is 59.4 Å².